The van der Waals surface area contributed by atoms with Gasteiger partial charge < -0.3 is 10.6 Å². The number of hydrogen-bond donors (Lipinski definition) is 2. The number of rotatable bonds is 7. The average molecular weight is 454 g/mol. The molecule has 0 aliphatic heterocycles. The van der Waals surface area contributed by atoms with Crippen LogP contribution in [0.2, 0.25) is 5.28 Å². The SMILES string of the molecule is CCN(CC)c1ccc(C(N)=O)cc1-c1nn(Nc2nc(Cl)ncc2F)c2ccccc12. The maximum absolute atomic E-state index is 14.2. The molecule has 2 aromatic carbocycles. The molecule has 2 aromatic heterocycles. The summed E-state index contributed by atoms with van der Waals surface area (Å²) >= 11 is 5.83. The molecule has 3 N–H and O–H groups in total. The van der Waals surface area contributed by atoms with E-state index < -0.39 is 11.7 Å². The fraction of sp³-hybridized carbons (Fsp3) is 0.182. The number of nitrogens with one attached hydrogen (secondary N) is 1. The van der Waals surface area contributed by atoms with Crippen molar-refractivity contribution in [2.75, 3.05) is 23.4 Å². The zero-order valence-electron chi connectivity index (χ0n) is 17.5. The van der Waals surface area contributed by atoms with Crippen molar-refractivity contribution >= 4 is 39.9 Å². The van der Waals surface area contributed by atoms with Crippen LogP contribution in [-0.4, -0.2) is 38.9 Å². The van der Waals surface area contributed by atoms with Gasteiger partial charge in [0.15, 0.2) is 11.6 Å². The van der Waals surface area contributed by atoms with Gasteiger partial charge in [0.25, 0.3) is 0 Å². The highest BCUT2D eigenvalue weighted by Gasteiger charge is 2.20. The largest absolute Gasteiger partial charge is 0.372 e. The number of primary amides is 1. The first-order valence-corrected chi connectivity index (χ1v) is 10.4. The third-order valence-electron chi connectivity index (χ3n) is 5.15. The first-order chi connectivity index (χ1) is 15.4. The van der Waals surface area contributed by atoms with Gasteiger partial charge in [0, 0.05) is 35.3 Å². The van der Waals surface area contributed by atoms with E-state index in [0.29, 0.717) is 16.8 Å². The van der Waals surface area contributed by atoms with Gasteiger partial charge in [-0.2, -0.15) is 14.9 Å². The lowest BCUT2D eigenvalue weighted by Gasteiger charge is -2.24. The standard InChI is InChI=1S/C22H21ClFN7O/c1-3-30(4-2)17-10-9-13(20(25)32)11-15(17)19-14-7-5-6-8-18(14)31(28-19)29-21-16(24)12-26-22(23)27-21/h5-12H,3-4H2,1-2H3,(H2,25,32)(H,26,27,29). The molecular weight excluding hydrogens is 433 g/mol. The number of carbonyl (C=O) groups is 1. The van der Waals surface area contributed by atoms with E-state index in [1.807, 2.05) is 30.3 Å². The van der Waals surface area contributed by atoms with Gasteiger partial charge in [0.05, 0.1) is 11.7 Å². The number of amides is 1. The van der Waals surface area contributed by atoms with Crippen LogP contribution < -0.4 is 16.1 Å². The van der Waals surface area contributed by atoms with Gasteiger partial charge in [-0.3, -0.25) is 10.2 Å². The Morgan fingerprint density at radius 2 is 1.97 bits per heavy atom. The molecule has 0 atom stereocenters. The van der Waals surface area contributed by atoms with Crippen LogP contribution in [0.15, 0.2) is 48.7 Å². The summed E-state index contributed by atoms with van der Waals surface area (Å²) in [5, 5.41) is 5.40. The Morgan fingerprint density at radius 1 is 1.22 bits per heavy atom. The summed E-state index contributed by atoms with van der Waals surface area (Å²) in [6.07, 6.45) is 0.985. The lowest BCUT2D eigenvalue weighted by atomic mass is 10.0. The summed E-state index contributed by atoms with van der Waals surface area (Å²) in [5.41, 5.74) is 11.7. The highest BCUT2D eigenvalue weighted by atomic mass is 35.5. The predicted octanol–water partition coefficient (Wildman–Crippen LogP) is 4.11. The molecule has 0 radical (unpaired) electrons. The third kappa shape index (κ3) is 3.94. The number of nitrogens with two attached hydrogens (primary N) is 1. The lowest BCUT2D eigenvalue weighted by molar-refractivity contribution is 0.100. The number of para-hydroxylation sites is 1. The first-order valence-electron chi connectivity index (χ1n) is 10.0. The van der Waals surface area contributed by atoms with E-state index in [0.717, 1.165) is 35.9 Å². The minimum absolute atomic E-state index is 0.0939. The van der Waals surface area contributed by atoms with E-state index in [2.05, 4.69) is 34.1 Å². The monoisotopic (exact) mass is 453 g/mol. The van der Waals surface area contributed by atoms with Crippen LogP contribution in [0.5, 0.6) is 0 Å². The van der Waals surface area contributed by atoms with Crippen LogP contribution in [-0.2, 0) is 0 Å². The van der Waals surface area contributed by atoms with Gasteiger partial charge in [0.1, 0.15) is 5.69 Å². The van der Waals surface area contributed by atoms with Gasteiger partial charge >= 0.3 is 0 Å². The minimum atomic E-state index is -0.671. The fourth-order valence-electron chi connectivity index (χ4n) is 3.59. The second-order valence-electron chi connectivity index (χ2n) is 6.99. The van der Waals surface area contributed by atoms with Gasteiger partial charge in [-0.15, -0.1) is 0 Å². The maximum atomic E-state index is 14.2. The van der Waals surface area contributed by atoms with Crippen molar-refractivity contribution in [1.82, 2.24) is 19.9 Å². The summed E-state index contributed by atoms with van der Waals surface area (Å²) in [6, 6.07) is 12.8. The Morgan fingerprint density at radius 3 is 2.69 bits per heavy atom. The number of carbonyl (C=O) groups excluding carboxylic acids is 1. The zero-order chi connectivity index (χ0) is 22.8. The minimum Gasteiger partial charge on any atom is -0.372 e. The highest BCUT2D eigenvalue weighted by Crippen LogP contribution is 2.36. The summed E-state index contributed by atoms with van der Waals surface area (Å²) in [7, 11) is 0. The van der Waals surface area contributed by atoms with E-state index in [-0.39, 0.29) is 11.1 Å². The molecule has 0 fully saturated rings. The molecule has 0 saturated heterocycles. The Labute approximate surface area is 188 Å². The number of benzene rings is 2. The van der Waals surface area contributed by atoms with Crippen molar-refractivity contribution in [1.29, 1.82) is 0 Å². The van der Waals surface area contributed by atoms with Crippen molar-refractivity contribution < 1.29 is 9.18 Å². The van der Waals surface area contributed by atoms with Crippen LogP contribution in [0.3, 0.4) is 0 Å². The van der Waals surface area contributed by atoms with Gasteiger partial charge in [0.2, 0.25) is 11.2 Å². The molecule has 10 heteroatoms. The Bertz CT molecular complexity index is 1300. The number of halogens is 2. The van der Waals surface area contributed by atoms with Gasteiger partial charge in [-0.05, 0) is 49.7 Å². The second-order valence-corrected chi connectivity index (χ2v) is 7.33. The van der Waals surface area contributed by atoms with E-state index in [1.54, 1.807) is 12.1 Å². The van der Waals surface area contributed by atoms with E-state index in [4.69, 9.17) is 22.4 Å². The lowest BCUT2D eigenvalue weighted by Crippen LogP contribution is -2.23. The maximum Gasteiger partial charge on any atom is 0.248 e. The summed E-state index contributed by atoms with van der Waals surface area (Å²) in [5.74, 6) is -1.31. The van der Waals surface area contributed by atoms with E-state index in [1.165, 1.54) is 4.79 Å². The van der Waals surface area contributed by atoms with E-state index >= 15 is 0 Å². The zero-order valence-corrected chi connectivity index (χ0v) is 18.3. The molecule has 4 aromatic rings. The second kappa shape index (κ2) is 8.80. The highest BCUT2D eigenvalue weighted by molar-refractivity contribution is 6.28. The van der Waals surface area contributed by atoms with Gasteiger partial charge in [-0.1, -0.05) is 18.2 Å². The molecule has 0 saturated carbocycles. The third-order valence-corrected chi connectivity index (χ3v) is 5.34. The molecule has 1 amide bonds. The molecule has 4 rings (SSSR count). The topological polar surface area (TPSA) is 102 Å². The van der Waals surface area contributed by atoms with Crippen molar-refractivity contribution in [3.8, 4) is 11.3 Å². The molecule has 0 spiro atoms. The molecule has 8 nitrogen and oxygen atoms in total. The number of hydrogen-bond acceptors (Lipinski definition) is 6. The number of anilines is 2. The molecule has 0 unspecified atom stereocenters. The molecule has 164 valence electrons. The van der Waals surface area contributed by atoms with Gasteiger partial charge in [-0.25, -0.2) is 9.37 Å². The normalized spacial score (nSPS) is 11.0. The molecule has 0 bridgehead atoms. The Hall–Kier alpha value is -3.72. The Balaban J connectivity index is 1.93. The number of fused-ring (bicyclic) bond motifs is 1. The molecule has 2 heterocycles. The van der Waals surface area contributed by atoms with Crippen LogP contribution in [0, 0.1) is 5.82 Å². The van der Waals surface area contributed by atoms with Crippen LogP contribution in [0.1, 0.15) is 24.2 Å². The smallest absolute Gasteiger partial charge is 0.248 e. The predicted molar refractivity (Wildman–Crippen MR) is 123 cm³/mol. The van der Waals surface area contributed by atoms with Crippen LogP contribution in [0.25, 0.3) is 22.2 Å². The molecule has 0 aliphatic carbocycles. The number of nitrogens with zero attached hydrogens (tertiary/aromatic N) is 5. The van der Waals surface area contributed by atoms with Crippen molar-refractivity contribution in [2.24, 2.45) is 5.73 Å². The van der Waals surface area contributed by atoms with Crippen molar-refractivity contribution in [2.45, 2.75) is 13.8 Å². The van der Waals surface area contributed by atoms with Crippen LogP contribution in [0.4, 0.5) is 15.9 Å². The molecular formula is C22H21ClFN7O. The molecule has 32 heavy (non-hydrogen) atoms. The summed E-state index contributed by atoms with van der Waals surface area (Å²) < 4.78 is 14.2. The van der Waals surface area contributed by atoms with Crippen LogP contribution >= 0.6 is 11.6 Å². The summed E-state index contributed by atoms with van der Waals surface area (Å²) in [4.78, 5) is 23.0. The fourth-order valence-corrected chi connectivity index (χ4v) is 3.73. The quantitative estimate of drug-likeness (QED) is 0.408. The molecule has 0 aliphatic rings. The first kappa shape index (κ1) is 21.5. The van der Waals surface area contributed by atoms with E-state index in [9.17, 15) is 9.18 Å². The Kier molecular flexibility index (Phi) is 5.91. The summed E-state index contributed by atoms with van der Waals surface area (Å²) in [6.45, 7) is 5.63. The average Bonchev–Trinajstić information content (AvgIpc) is 3.15. The van der Waals surface area contributed by atoms with Crippen molar-refractivity contribution in [3.05, 3.63) is 65.3 Å². The van der Waals surface area contributed by atoms with Crippen molar-refractivity contribution in [3.63, 3.8) is 0 Å². The number of aromatic nitrogens is 4.